The van der Waals surface area contributed by atoms with E-state index in [1.807, 2.05) is 18.2 Å². The molecule has 84 valence electrons. The van der Waals surface area contributed by atoms with Crippen LogP contribution in [0.3, 0.4) is 0 Å². The van der Waals surface area contributed by atoms with E-state index in [2.05, 4.69) is 24.0 Å². The molecule has 0 aromatic heterocycles. The predicted molar refractivity (Wildman–Crippen MR) is 65.1 cm³/mol. The largest absolute Gasteiger partial charge is 0.371 e. The average Bonchev–Trinajstić information content (AvgIpc) is 2.33. The molecule has 16 heavy (non-hydrogen) atoms. The molecule has 0 spiro atoms. The number of benzene rings is 1. The zero-order valence-electron chi connectivity index (χ0n) is 9.56. The van der Waals surface area contributed by atoms with Crippen LogP contribution in [0, 0.1) is 17.2 Å². The van der Waals surface area contributed by atoms with E-state index < -0.39 is 0 Å². The van der Waals surface area contributed by atoms with Crippen molar-refractivity contribution in [2.24, 2.45) is 11.7 Å². The van der Waals surface area contributed by atoms with Crippen molar-refractivity contribution in [3.05, 3.63) is 29.8 Å². The molecule has 0 saturated carbocycles. The highest BCUT2D eigenvalue weighted by molar-refractivity contribution is 5.51. The van der Waals surface area contributed by atoms with E-state index in [0.29, 0.717) is 12.0 Å². The quantitative estimate of drug-likeness (QED) is 0.776. The van der Waals surface area contributed by atoms with Crippen LogP contribution in [0.15, 0.2) is 24.3 Å². The van der Waals surface area contributed by atoms with Gasteiger partial charge in [-0.1, -0.05) is 13.0 Å². The second-order valence-corrected chi connectivity index (χ2v) is 4.54. The molecule has 2 N–H and O–H groups in total. The molecule has 2 unspecified atom stereocenters. The Bertz CT molecular complexity index is 408. The first-order valence-corrected chi connectivity index (χ1v) is 5.71. The summed E-state index contributed by atoms with van der Waals surface area (Å²) in [6.07, 6.45) is 1.03. The van der Waals surface area contributed by atoms with Crippen LogP contribution >= 0.6 is 0 Å². The predicted octanol–water partition coefficient (Wildman–Crippen LogP) is 1.73. The first kappa shape index (κ1) is 11.0. The van der Waals surface area contributed by atoms with Gasteiger partial charge in [0.05, 0.1) is 11.6 Å². The Balaban J connectivity index is 2.16. The number of nitriles is 1. The van der Waals surface area contributed by atoms with Gasteiger partial charge >= 0.3 is 0 Å². The van der Waals surface area contributed by atoms with Crippen LogP contribution < -0.4 is 10.6 Å². The number of anilines is 1. The van der Waals surface area contributed by atoms with Crippen LogP contribution in [0.2, 0.25) is 0 Å². The molecular weight excluding hydrogens is 198 g/mol. The van der Waals surface area contributed by atoms with Crippen LogP contribution in [-0.2, 0) is 0 Å². The van der Waals surface area contributed by atoms with Gasteiger partial charge in [0.1, 0.15) is 0 Å². The Morgan fingerprint density at radius 3 is 3.00 bits per heavy atom. The van der Waals surface area contributed by atoms with Gasteiger partial charge in [-0.05, 0) is 30.5 Å². The monoisotopic (exact) mass is 215 g/mol. The Morgan fingerprint density at radius 1 is 1.50 bits per heavy atom. The minimum atomic E-state index is 0.315. The normalized spacial score (nSPS) is 25.2. The molecule has 3 nitrogen and oxygen atoms in total. The van der Waals surface area contributed by atoms with Gasteiger partial charge in [0.2, 0.25) is 0 Å². The van der Waals surface area contributed by atoms with Crippen molar-refractivity contribution in [3.8, 4) is 6.07 Å². The van der Waals surface area contributed by atoms with Crippen molar-refractivity contribution in [1.29, 1.82) is 5.26 Å². The zero-order chi connectivity index (χ0) is 11.5. The Morgan fingerprint density at radius 2 is 2.31 bits per heavy atom. The fourth-order valence-corrected chi connectivity index (χ4v) is 2.17. The topological polar surface area (TPSA) is 53.0 Å². The van der Waals surface area contributed by atoms with E-state index >= 15 is 0 Å². The molecule has 2 rings (SSSR count). The summed E-state index contributed by atoms with van der Waals surface area (Å²) in [5.41, 5.74) is 7.85. The summed E-state index contributed by atoms with van der Waals surface area (Å²) in [6.45, 7) is 4.15. The smallest absolute Gasteiger partial charge is 0.0992 e. The fraction of sp³-hybridized carbons (Fsp3) is 0.462. The lowest BCUT2D eigenvalue weighted by Gasteiger charge is -2.36. The third kappa shape index (κ3) is 2.17. The molecule has 1 saturated heterocycles. The maximum atomic E-state index is 8.87. The molecule has 1 aromatic carbocycles. The van der Waals surface area contributed by atoms with Crippen LogP contribution in [0.25, 0.3) is 0 Å². The maximum Gasteiger partial charge on any atom is 0.0992 e. The minimum absolute atomic E-state index is 0.315. The first-order valence-electron chi connectivity index (χ1n) is 5.71. The van der Waals surface area contributed by atoms with Gasteiger partial charge in [-0.2, -0.15) is 5.26 Å². The summed E-state index contributed by atoms with van der Waals surface area (Å²) < 4.78 is 0. The van der Waals surface area contributed by atoms with Crippen molar-refractivity contribution in [1.82, 2.24) is 0 Å². The van der Waals surface area contributed by atoms with Gasteiger partial charge < -0.3 is 10.6 Å². The number of hydrogen-bond acceptors (Lipinski definition) is 3. The summed E-state index contributed by atoms with van der Waals surface area (Å²) in [7, 11) is 0. The second-order valence-electron chi connectivity index (χ2n) is 4.54. The van der Waals surface area contributed by atoms with Crippen molar-refractivity contribution in [2.45, 2.75) is 19.4 Å². The van der Waals surface area contributed by atoms with E-state index in [1.165, 1.54) is 0 Å². The lowest BCUT2D eigenvalue weighted by molar-refractivity contribution is 0.383. The SMILES string of the molecule is CC1CN(c2cccc(C#N)c2)CCC1N. The number of nitrogens with zero attached hydrogens (tertiary/aromatic N) is 2. The Labute approximate surface area is 96.5 Å². The van der Waals surface area contributed by atoms with E-state index in [1.54, 1.807) is 0 Å². The lowest BCUT2D eigenvalue weighted by atomic mass is 9.94. The number of nitrogens with two attached hydrogens (primary N) is 1. The van der Waals surface area contributed by atoms with Gasteiger partial charge in [0, 0.05) is 24.8 Å². The number of piperidine rings is 1. The highest BCUT2D eigenvalue weighted by atomic mass is 15.1. The highest BCUT2D eigenvalue weighted by Gasteiger charge is 2.23. The molecule has 1 aliphatic heterocycles. The highest BCUT2D eigenvalue weighted by Crippen LogP contribution is 2.22. The molecule has 2 atom stereocenters. The van der Waals surface area contributed by atoms with Crippen LogP contribution in [0.4, 0.5) is 5.69 Å². The van der Waals surface area contributed by atoms with Crippen LogP contribution in [-0.4, -0.2) is 19.1 Å². The maximum absolute atomic E-state index is 8.87. The van der Waals surface area contributed by atoms with Crippen molar-refractivity contribution in [2.75, 3.05) is 18.0 Å². The molecular formula is C13H17N3. The summed E-state index contributed by atoms with van der Waals surface area (Å²) in [6, 6.07) is 10.3. The molecule has 0 aliphatic carbocycles. The molecule has 0 amide bonds. The van der Waals surface area contributed by atoms with Crippen LogP contribution in [0.1, 0.15) is 18.9 Å². The Kier molecular flexibility index (Phi) is 3.12. The van der Waals surface area contributed by atoms with E-state index in [9.17, 15) is 0 Å². The molecule has 1 heterocycles. The standard InChI is InChI=1S/C13H17N3/c1-10-9-16(6-5-13(10)15)12-4-2-3-11(7-12)8-14/h2-4,7,10,13H,5-6,9,15H2,1H3. The molecule has 1 aromatic rings. The minimum Gasteiger partial charge on any atom is -0.371 e. The summed E-state index contributed by atoms with van der Waals surface area (Å²) in [5.74, 6) is 0.513. The lowest BCUT2D eigenvalue weighted by Crippen LogP contribution is -2.45. The second kappa shape index (κ2) is 4.54. The third-order valence-corrected chi connectivity index (χ3v) is 3.31. The van der Waals surface area contributed by atoms with Gasteiger partial charge in [-0.15, -0.1) is 0 Å². The Hall–Kier alpha value is -1.53. The molecule has 0 radical (unpaired) electrons. The molecule has 1 aliphatic rings. The molecule has 3 heteroatoms. The molecule has 1 fully saturated rings. The summed E-state index contributed by atoms with van der Waals surface area (Å²) in [5, 5.41) is 8.87. The van der Waals surface area contributed by atoms with E-state index in [4.69, 9.17) is 11.0 Å². The van der Waals surface area contributed by atoms with Gasteiger partial charge in [0.15, 0.2) is 0 Å². The first-order chi connectivity index (χ1) is 7.70. The van der Waals surface area contributed by atoms with Crippen molar-refractivity contribution >= 4 is 5.69 Å². The number of hydrogen-bond donors (Lipinski definition) is 1. The summed E-state index contributed by atoms with van der Waals surface area (Å²) in [4.78, 5) is 2.31. The van der Waals surface area contributed by atoms with E-state index in [-0.39, 0.29) is 0 Å². The summed E-state index contributed by atoms with van der Waals surface area (Å²) >= 11 is 0. The fourth-order valence-electron chi connectivity index (χ4n) is 2.17. The number of rotatable bonds is 1. The van der Waals surface area contributed by atoms with E-state index in [0.717, 1.165) is 30.8 Å². The van der Waals surface area contributed by atoms with Gasteiger partial charge in [-0.3, -0.25) is 0 Å². The van der Waals surface area contributed by atoms with Gasteiger partial charge in [-0.25, -0.2) is 0 Å². The zero-order valence-corrected chi connectivity index (χ0v) is 9.56. The van der Waals surface area contributed by atoms with Gasteiger partial charge in [0.25, 0.3) is 0 Å². The molecule has 0 bridgehead atoms. The van der Waals surface area contributed by atoms with Crippen molar-refractivity contribution < 1.29 is 0 Å². The average molecular weight is 215 g/mol. The van der Waals surface area contributed by atoms with Crippen LogP contribution in [0.5, 0.6) is 0 Å². The third-order valence-electron chi connectivity index (χ3n) is 3.31. The van der Waals surface area contributed by atoms with Crippen molar-refractivity contribution in [3.63, 3.8) is 0 Å².